The zero-order valence-electron chi connectivity index (χ0n) is 21.2. The van der Waals surface area contributed by atoms with Gasteiger partial charge in [-0.15, -0.1) is 0 Å². The molecule has 36 heavy (non-hydrogen) atoms. The van der Waals surface area contributed by atoms with E-state index in [1.807, 2.05) is 23.1 Å². The van der Waals surface area contributed by atoms with Crippen molar-refractivity contribution >= 4 is 17.4 Å². The summed E-state index contributed by atoms with van der Waals surface area (Å²) in [5.74, 6) is 3.27. The first kappa shape index (κ1) is 23.7. The van der Waals surface area contributed by atoms with E-state index >= 15 is 0 Å². The number of amides is 1. The predicted octanol–water partition coefficient (Wildman–Crippen LogP) is 4.60. The van der Waals surface area contributed by atoms with Crippen LogP contribution in [0.5, 0.6) is 5.75 Å². The number of nitrogens with zero attached hydrogens (tertiary/aromatic N) is 4. The Morgan fingerprint density at radius 2 is 1.72 bits per heavy atom. The highest BCUT2D eigenvalue weighted by molar-refractivity contribution is 5.97. The van der Waals surface area contributed by atoms with Gasteiger partial charge in [0, 0.05) is 51.5 Å². The number of anilines is 2. The third-order valence-corrected chi connectivity index (χ3v) is 9.16. The molecular formula is C29H37FN4O2. The molecule has 0 atom stereocenters. The highest BCUT2D eigenvalue weighted by Crippen LogP contribution is 2.60. The first-order valence-electron chi connectivity index (χ1n) is 13.6. The SMILES string of the molecule is COc1ccccc1N1CCN(CCN(C(=O)C23CC4CC(CC(C4)C2)C3)c2cc(F)ccn2)CC1. The number of rotatable bonds is 7. The molecular weight excluding hydrogens is 455 g/mol. The number of aromatic nitrogens is 1. The number of piperazine rings is 1. The first-order chi connectivity index (χ1) is 17.5. The van der Waals surface area contributed by atoms with E-state index in [9.17, 15) is 9.18 Å². The van der Waals surface area contributed by atoms with Gasteiger partial charge in [0.2, 0.25) is 5.91 Å². The molecule has 1 saturated heterocycles. The molecule has 5 aliphatic rings. The lowest BCUT2D eigenvalue weighted by Crippen LogP contribution is -2.56. The number of halogens is 1. The van der Waals surface area contributed by atoms with Crippen LogP contribution in [0, 0.1) is 29.0 Å². The number of methoxy groups -OCH3 is 1. The van der Waals surface area contributed by atoms with E-state index in [4.69, 9.17) is 4.74 Å². The van der Waals surface area contributed by atoms with Gasteiger partial charge in [-0.05, 0) is 74.5 Å². The molecule has 1 aliphatic heterocycles. The fourth-order valence-corrected chi connectivity index (χ4v) is 7.86. The maximum atomic E-state index is 14.2. The van der Waals surface area contributed by atoms with Gasteiger partial charge in [0.1, 0.15) is 17.4 Å². The molecule has 2 aromatic rings. The molecule has 4 bridgehead atoms. The van der Waals surface area contributed by atoms with Gasteiger partial charge in [-0.1, -0.05) is 12.1 Å². The van der Waals surface area contributed by atoms with Crippen LogP contribution in [0.2, 0.25) is 0 Å². The van der Waals surface area contributed by atoms with Gasteiger partial charge in [-0.3, -0.25) is 14.6 Å². The van der Waals surface area contributed by atoms with Crippen LogP contribution in [0.25, 0.3) is 0 Å². The second-order valence-corrected chi connectivity index (χ2v) is 11.5. The Bertz CT molecular complexity index is 1060. The highest BCUT2D eigenvalue weighted by Gasteiger charge is 2.55. The average molecular weight is 493 g/mol. The van der Waals surface area contributed by atoms with Crippen molar-refractivity contribution in [3.63, 3.8) is 0 Å². The third-order valence-electron chi connectivity index (χ3n) is 9.16. The summed E-state index contributed by atoms with van der Waals surface area (Å²) in [6.07, 6.45) is 8.37. The molecule has 7 rings (SSSR count). The summed E-state index contributed by atoms with van der Waals surface area (Å²) in [7, 11) is 1.71. The molecule has 0 spiro atoms. The van der Waals surface area contributed by atoms with Gasteiger partial charge in [0.25, 0.3) is 0 Å². The number of hydrogen-bond donors (Lipinski definition) is 0. The zero-order chi connectivity index (χ0) is 24.7. The largest absolute Gasteiger partial charge is 0.495 e. The van der Waals surface area contributed by atoms with Gasteiger partial charge >= 0.3 is 0 Å². The van der Waals surface area contributed by atoms with Crippen LogP contribution in [0.3, 0.4) is 0 Å². The molecule has 1 amide bonds. The molecule has 0 N–H and O–H groups in total. The molecule has 1 aromatic heterocycles. The van der Waals surface area contributed by atoms with Crippen LogP contribution in [0.1, 0.15) is 38.5 Å². The summed E-state index contributed by atoms with van der Waals surface area (Å²) in [5, 5.41) is 0. The maximum absolute atomic E-state index is 14.2. The number of para-hydroxylation sites is 2. The van der Waals surface area contributed by atoms with Crippen molar-refractivity contribution in [1.82, 2.24) is 9.88 Å². The quantitative estimate of drug-likeness (QED) is 0.565. The monoisotopic (exact) mass is 492 g/mol. The number of hydrogen-bond acceptors (Lipinski definition) is 5. The Morgan fingerprint density at radius 3 is 2.36 bits per heavy atom. The molecule has 7 heteroatoms. The first-order valence-corrected chi connectivity index (χ1v) is 13.6. The third kappa shape index (κ3) is 4.47. The van der Waals surface area contributed by atoms with E-state index in [2.05, 4.69) is 20.9 Å². The number of ether oxygens (including phenoxy) is 1. The van der Waals surface area contributed by atoms with Crippen LogP contribution in [0.15, 0.2) is 42.6 Å². The lowest BCUT2D eigenvalue weighted by molar-refractivity contribution is -0.143. The molecule has 192 valence electrons. The normalized spacial score (nSPS) is 29.4. The van der Waals surface area contributed by atoms with E-state index < -0.39 is 0 Å². The summed E-state index contributed by atoms with van der Waals surface area (Å²) in [4.78, 5) is 25.3. The van der Waals surface area contributed by atoms with Crippen LogP contribution in [-0.4, -0.2) is 62.2 Å². The van der Waals surface area contributed by atoms with Gasteiger partial charge in [0.05, 0.1) is 18.2 Å². The number of pyridine rings is 1. The molecule has 0 unspecified atom stereocenters. The number of carbonyl (C=O) groups excluding carboxylic acids is 1. The Balaban J connectivity index is 1.15. The Kier molecular flexibility index (Phi) is 6.36. The van der Waals surface area contributed by atoms with Gasteiger partial charge in [-0.2, -0.15) is 0 Å². The topological polar surface area (TPSA) is 48.9 Å². The lowest BCUT2D eigenvalue weighted by Gasteiger charge is -2.56. The Labute approximate surface area is 213 Å². The van der Waals surface area contributed by atoms with Crippen LogP contribution in [0.4, 0.5) is 15.9 Å². The summed E-state index contributed by atoms with van der Waals surface area (Å²) in [6.45, 7) is 4.94. The highest BCUT2D eigenvalue weighted by atomic mass is 19.1. The van der Waals surface area contributed by atoms with Crippen molar-refractivity contribution in [2.75, 3.05) is 56.2 Å². The minimum atomic E-state index is -0.339. The lowest BCUT2D eigenvalue weighted by atomic mass is 9.49. The Morgan fingerprint density at radius 1 is 1.06 bits per heavy atom. The van der Waals surface area contributed by atoms with Gasteiger partial charge in [0.15, 0.2) is 0 Å². The van der Waals surface area contributed by atoms with Gasteiger partial charge < -0.3 is 9.64 Å². The van der Waals surface area contributed by atoms with E-state index in [0.717, 1.165) is 63.4 Å². The molecule has 5 fully saturated rings. The molecule has 4 saturated carbocycles. The van der Waals surface area contributed by atoms with E-state index in [1.54, 1.807) is 7.11 Å². The smallest absolute Gasteiger partial charge is 0.234 e. The standard InChI is InChI=1S/C29H37FN4O2/c1-36-26-5-3-2-4-25(26)33-11-8-32(9-12-33)10-13-34(27-17-24(30)6-7-31-27)28(35)29-18-21-14-22(19-29)16-23(15-21)20-29/h2-7,17,21-23H,8-16,18-20H2,1H3. The van der Waals surface area contributed by atoms with Crippen molar-refractivity contribution in [2.45, 2.75) is 38.5 Å². The van der Waals surface area contributed by atoms with Crippen LogP contribution >= 0.6 is 0 Å². The van der Waals surface area contributed by atoms with Crippen molar-refractivity contribution in [3.8, 4) is 5.75 Å². The zero-order valence-corrected chi connectivity index (χ0v) is 21.2. The number of benzene rings is 1. The summed E-state index contributed by atoms with van der Waals surface area (Å²) in [5.41, 5.74) is 0.855. The number of carbonyl (C=O) groups is 1. The minimum absolute atomic E-state index is 0.187. The fourth-order valence-electron chi connectivity index (χ4n) is 7.86. The summed E-state index contributed by atoms with van der Waals surface area (Å²) >= 11 is 0. The molecule has 6 nitrogen and oxygen atoms in total. The fraction of sp³-hybridized carbons (Fsp3) is 0.586. The predicted molar refractivity (Wildman–Crippen MR) is 139 cm³/mol. The molecule has 1 aromatic carbocycles. The second kappa shape index (κ2) is 9.66. The minimum Gasteiger partial charge on any atom is -0.495 e. The summed E-state index contributed by atoms with van der Waals surface area (Å²) < 4.78 is 19.8. The maximum Gasteiger partial charge on any atom is 0.234 e. The molecule has 0 radical (unpaired) electrons. The Hall–Kier alpha value is -2.67. The van der Waals surface area contributed by atoms with E-state index in [-0.39, 0.29) is 17.1 Å². The molecule has 2 heterocycles. The average Bonchev–Trinajstić information content (AvgIpc) is 2.88. The summed E-state index contributed by atoms with van der Waals surface area (Å²) in [6, 6.07) is 10.9. The van der Waals surface area contributed by atoms with Crippen molar-refractivity contribution in [2.24, 2.45) is 23.2 Å². The van der Waals surface area contributed by atoms with E-state index in [0.29, 0.717) is 30.1 Å². The van der Waals surface area contributed by atoms with Crippen molar-refractivity contribution in [1.29, 1.82) is 0 Å². The van der Waals surface area contributed by atoms with Gasteiger partial charge in [-0.25, -0.2) is 9.37 Å². The second-order valence-electron chi connectivity index (χ2n) is 11.5. The van der Waals surface area contributed by atoms with Crippen molar-refractivity contribution in [3.05, 3.63) is 48.4 Å². The van der Waals surface area contributed by atoms with Crippen LogP contribution < -0.4 is 14.5 Å². The molecule has 4 aliphatic carbocycles. The van der Waals surface area contributed by atoms with Crippen molar-refractivity contribution < 1.29 is 13.9 Å². The van der Waals surface area contributed by atoms with Crippen LogP contribution in [-0.2, 0) is 4.79 Å². The van der Waals surface area contributed by atoms with E-state index in [1.165, 1.54) is 37.6 Å².